The number of phenols is 1. The van der Waals surface area contributed by atoms with E-state index in [4.69, 9.17) is 0 Å². The van der Waals surface area contributed by atoms with Crippen LogP contribution in [0.1, 0.15) is 59.6 Å². The lowest BCUT2D eigenvalue weighted by atomic mass is 9.85. The lowest BCUT2D eigenvalue weighted by molar-refractivity contribution is 0.450. The lowest BCUT2D eigenvalue weighted by Gasteiger charge is -2.37. The molecule has 0 heterocycles. The molecule has 28 heavy (non-hydrogen) atoms. The molecule has 148 valence electrons. The summed E-state index contributed by atoms with van der Waals surface area (Å²) in [5.41, 5.74) is 6.29. The molecular formula is C26H33OP. The van der Waals surface area contributed by atoms with E-state index in [9.17, 15) is 5.11 Å². The molecule has 2 heteroatoms. The van der Waals surface area contributed by atoms with Crippen LogP contribution in [0.3, 0.4) is 0 Å². The summed E-state index contributed by atoms with van der Waals surface area (Å²) in [6.07, 6.45) is 2.43. The minimum Gasteiger partial charge on any atom is -0.507 e. The fraction of sp³-hybridized carbons (Fsp3) is 0.385. The smallest absolute Gasteiger partial charge is 0.127 e. The molecule has 1 N–H and O–H groups in total. The first-order valence-corrected chi connectivity index (χ1v) is 11.4. The third-order valence-electron chi connectivity index (χ3n) is 6.17. The van der Waals surface area contributed by atoms with E-state index in [-0.39, 0.29) is 10.6 Å². The Morgan fingerprint density at radius 3 is 2.04 bits per heavy atom. The number of aromatic hydroxyl groups is 1. The number of hydrogen-bond acceptors (Lipinski definition) is 1. The van der Waals surface area contributed by atoms with Gasteiger partial charge in [-0.05, 0) is 70.5 Å². The van der Waals surface area contributed by atoms with Gasteiger partial charge in [-0.1, -0.05) is 74.4 Å². The molecule has 0 saturated heterocycles. The fourth-order valence-corrected chi connectivity index (χ4v) is 7.56. The zero-order valence-electron chi connectivity index (χ0n) is 18.5. The van der Waals surface area contributed by atoms with Crippen molar-refractivity contribution in [3.63, 3.8) is 0 Å². The van der Waals surface area contributed by atoms with E-state index in [2.05, 4.69) is 104 Å². The third kappa shape index (κ3) is 3.46. The molecule has 0 aromatic heterocycles. The molecular weight excluding hydrogens is 359 g/mol. The summed E-state index contributed by atoms with van der Waals surface area (Å²) >= 11 is 0. The third-order valence-corrected chi connectivity index (χ3v) is 9.20. The van der Waals surface area contributed by atoms with E-state index in [1.54, 1.807) is 0 Å². The summed E-state index contributed by atoms with van der Waals surface area (Å²) in [6, 6.07) is 15.1. The summed E-state index contributed by atoms with van der Waals surface area (Å²) in [5, 5.41) is 13.7. The van der Waals surface area contributed by atoms with Crippen molar-refractivity contribution in [2.75, 3.05) is 0 Å². The highest BCUT2D eigenvalue weighted by Gasteiger charge is 2.42. The largest absolute Gasteiger partial charge is 0.507 e. The van der Waals surface area contributed by atoms with Gasteiger partial charge < -0.3 is 5.11 Å². The molecule has 0 amide bonds. The molecule has 0 radical (unpaired) electrons. The summed E-state index contributed by atoms with van der Waals surface area (Å²) in [7, 11) is -0.811. The van der Waals surface area contributed by atoms with Crippen LogP contribution in [0.4, 0.5) is 0 Å². The van der Waals surface area contributed by atoms with Crippen molar-refractivity contribution in [1.29, 1.82) is 0 Å². The molecule has 1 aliphatic rings. The zero-order valence-corrected chi connectivity index (χ0v) is 19.4. The van der Waals surface area contributed by atoms with Crippen LogP contribution in [0, 0.1) is 6.92 Å². The monoisotopic (exact) mass is 392 g/mol. The number of aryl methyl sites for hydroxylation is 1. The molecule has 0 saturated carbocycles. The second kappa shape index (κ2) is 7.20. The summed E-state index contributed by atoms with van der Waals surface area (Å²) < 4.78 is 0. The van der Waals surface area contributed by atoms with Gasteiger partial charge in [0.2, 0.25) is 0 Å². The number of rotatable bonds is 3. The first-order chi connectivity index (χ1) is 13.0. The van der Waals surface area contributed by atoms with Crippen LogP contribution in [0.2, 0.25) is 0 Å². The van der Waals surface area contributed by atoms with Gasteiger partial charge in [0.15, 0.2) is 0 Å². The van der Waals surface area contributed by atoms with Crippen molar-refractivity contribution >= 4 is 18.5 Å². The van der Waals surface area contributed by atoms with Crippen molar-refractivity contribution in [2.24, 2.45) is 0 Å². The summed E-state index contributed by atoms with van der Waals surface area (Å²) in [4.78, 5) is 0. The van der Waals surface area contributed by atoms with Crippen LogP contribution in [0.5, 0.6) is 5.75 Å². The average Bonchev–Trinajstić information content (AvgIpc) is 2.81. The first kappa shape index (κ1) is 20.9. The van der Waals surface area contributed by atoms with Crippen molar-refractivity contribution < 1.29 is 5.11 Å². The molecule has 0 bridgehead atoms. The highest BCUT2D eigenvalue weighted by atomic mass is 31.1. The molecule has 1 aliphatic carbocycles. The Hall–Kier alpha value is -1.85. The normalized spacial score (nSPS) is 21.1. The zero-order chi connectivity index (χ0) is 20.9. The number of phenolic OH excluding ortho intramolecular Hbond substituents is 1. The number of allylic oxidation sites excluding steroid dienone is 4. The van der Waals surface area contributed by atoms with Crippen molar-refractivity contribution in [1.82, 2.24) is 0 Å². The van der Waals surface area contributed by atoms with Crippen molar-refractivity contribution in [3.05, 3.63) is 76.4 Å². The van der Waals surface area contributed by atoms with E-state index >= 15 is 0 Å². The molecule has 3 rings (SSSR count). The Bertz CT molecular complexity index is 960. The van der Waals surface area contributed by atoms with Crippen LogP contribution < -0.4 is 10.6 Å². The Kier molecular flexibility index (Phi) is 5.36. The lowest BCUT2D eigenvalue weighted by Crippen LogP contribution is -2.31. The molecule has 2 unspecified atom stereocenters. The van der Waals surface area contributed by atoms with Gasteiger partial charge in [-0.25, -0.2) is 0 Å². The van der Waals surface area contributed by atoms with Gasteiger partial charge in [0.05, 0.1) is 0 Å². The predicted octanol–water partition coefficient (Wildman–Crippen LogP) is 6.49. The summed E-state index contributed by atoms with van der Waals surface area (Å²) in [5.74, 6) is 0.470. The standard InChI is InChI=1S/C26H33OP/c1-17-14-22(25(5,6)7)24(27)23(15-17)28(21-12-10-9-11-13-21)26(8)16-18(2)19(3)20(26)4/h9-16,27H,1-8H3. The van der Waals surface area contributed by atoms with Gasteiger partial charge in [0, 0.05) is 16.0 Å². The van der Waals surface area contributed by atoms with Gasteiger partial charge in [-0.3, -0.25) is 0 Å². The quantitative estimate of drug-likeness (QED) is 0.592. The van der Waals surface area contributed by atoms with Crippen LogP contribution >= 0.6 is 7.92 Å². The minimum absolute atomic E-state index is 0.105. The van der Waals surface area contributed by atoms with E-state index < -0.39 is 7.92 Å². The molecule has 2 atom stereocenters. The average molecular weight is 393 g/mol. The SMILES string of the molecule is CC1=CC(C)(P(c2ccccc2)c2cc(C)cc(C(C)(C)C)c2O)C(C)=C1C. The number of hydrogen-bond donors (Lipinski definition) is 1. The highest BCUT2D eigenvalue weighted by molar-refractivity contribution is 7.75. The van der Waals surface area contributed by atoms with Gasteiger partial charge in [-0.15, -0.1) is 0 Å². The Morgan fingerprint density at radius 2 is 1.54 bits per heavy atom. The molecule has 2 aromatic carbocycles. The van der Waals surface area contributed by atoms with E-state index in [1.807, 2.05) is 0 Å². The molecule has 0 spiro atoms. The van der Waals surface area contributed by atoms with Gasteiger partial charge >= 0.3 is 0 Å². The van der Waals surface area contributed by atoms with Crippen molar-refractivity contribution in [2.45, 2.75) is 66.0 Å². The van der Waals surface area contributed by atoms with Crippen LogP contribution in [-0.4, -0.2) is 10.3 Å². The minimum atomic E-state index is -0.811. The predicted molar refractivity (Wildman–Crippen MR) is 125 cm³/mol. The maximum atomic E-state index is 11.5. The molecule has 0 fully saturated rings. The van der Waals surface area contributed by atoms with Gasteiger partial charge in [0.25, 0.3) is 0 Å². The molecule has 0 aliphatic heterocycles. The fourth-order valence-electron chi connectivity index (χ4n) is 4.28. The van der Waals surface area contributed by atoms with Crippen LogP contribution in [-0.2, 0) is 5.41 Å². The maximum absolute atomic E-state index is 11.5. The first-order valence-electron chi connectivity index (χ1n) is 10.0. The van der Waals surface area contributed by atoms with E-state index in [1.165, 1.54) is 27.6 Å². The second-order valence-corrected chi connectivity index (χ2v) is 11.9. The second-order valence-electron chi connectivity index (χ2n) is 9.33. The Labute approximate surface area is 172 Å². The highest BCUT2D eigenvalue weighted by Crippen LogP contribution is 2.58. The van der Waals surface area contributed by atoms with Crippen LogP contribution in [0.15, 0.2) is 65.3 Å². The van der Waals surface area contributed by atoms with Crippen molar-refractivity contribution in [3.8, 4) is 5.75 Å². The number of benzene rings is 2. The molecule has 2 aromatic rings. The summed E-state index contributed by atoms with van der Waals surface area (Å²) in [6.45, 7) is 17.7. The van der Waals surface area contributed by atoms with E-state index in [0.29, 0.717) is 5.75 Å². The van der Waals surface area contributed by atoms with Crippen LogP contribution in [0.25, 0.3) is 0 Å². The Balaban J connectivity index is 2.34. The topological polar surface area (TPSA) is 20.2 Å². The van der Waals surface area contributed by atoms with Gasteiger partial charge in [0.1, 0.15) is 5.75 Å². The maximum Gasteiger partial charge on any atom is 0.127 e. The molecule has 1 nitrogen and oxygen atoms in total. The van der Waals surface area contributed by atoms with E-state index in [0.717, 1.165) is 10.9 Å². The Morgan fingerprint density at radius 1 is 0.929 bits per heavy atom. The van der Waals surface area contributed by atoms with Gasteiger partial charge in [-0.2, -0.15) is 0 Å².